The summed E-state index contributed by atoms with van der Waals surface area (Å²) in [6, 6.07) is 2.74. The maximum absolute atomic E-state index is 14.1. The number of hydrogen-bond acceptors (Lipinski definition) is 5. The van der Waals surface area contributed by atoms with E-state index in [0.29, 0.717) is 0 Å². The molecule has 1 aromatic heterocycles. The Labute approximate surface area is 141 Å². The van der Waals surface area contributed by atoms with Crippen LogP contribution >= 0.6 is 11.6 Å². The van der Waals surface area contributed by atoms with Crippen LogP contribution in [0.1, 0.15) is 16.1 Å². The molecule has 7 nitrogen and oxygen atoms in total. The van der Waals surface area contributed by atoms with Gasteiger partial charge in [0.2, 0.25) is 0 Å². The highest BCUT2D eigenvalue weighted by Crippen LogP contribution is 2.33. The van der Waals surface area contributed by atoms with Crippen LogP contribution in [0.3, 0.4) is 0 Å². The number of halogens is 2. The third kappa shape index (κ3) is 3.55. The molecule has 0 radical (unpaired) electrons. The summed E-state index contributed by atoms with van der Waals surface area (Å²) < 4.78 is 23.8. The third-order valence-corrected chi connectivity index (χ3v) is 3.54. The van der Waals surface area contributed by atoms with Gasteiger partial charge < -0.3 is 19.7 Å². The highest BCUT2D eigenvalue weighted by atomic mass is 35.5. The van der Waals surface area contributed by atoms with Crippen molar-refractivity contribution in [3.63, 3.8) is 0 Å². The Morgan fingerprint density at radius 1 is 1.50 bits per heavy atom. The number of rotatable bonds is 6. The molecule has 2 rings (SSSR count). The number of aromatic nitrogens is 1. The second-order valence-electron chi connectivity index (χ2n) is 4.88. The van der Waals surface area contributed by atoms with Crippen molar-refractivity contribution in [3.05, 3.63) is 40.4 Å². The standard InChI is InChI=1S/C15H14ClFN2O5/c1-7-11(14(20)18-10(6-23-2)15(21)22)13(19-24-7)12-8(16)4-3-5-9(12)17/h3-5,10H,6H2,1-2H3,(H,18,20)(H,21,22). The van der Waals surface area contributed by atoms with Gasteiger partial charge in [-0.3, -0.25) is 4.79 Å². The lowest BCUT2D eigenvalue weighted by Crippen LogP contribution is -2.44. The van der Waals surface area contributed by atoms with E-state index < -0.39 is 23.7 Å². The fourth-order valence-corrected chi connectivity index (χ4v) is 2.36. The van der Waals surface area contributed by atoms with E-state index in [1.54, 1.807) is 0 Å². The molecule has 1 atom stereocenters. The smallest absolute Gasteiger partial charge is 0.328 e. The molecule has 1 unspecified atom stereocenters. The number of carbonyl (C=O) groups is 2. The largest absolute Gasteiger partial charge is 0.480 e. The normalized spacial score (nSPS) is 12.0. The summed E-state index contributed by atoms with van der Waals surface area (Å²) in [6.07, 6.45) is 0. The molecule has 1 aromatic carbocycles. The topological polar surface area (TPSA) is 102 Å². The molecule has 128 valence electrons. The van der Waals surface area contributed by atoms with Crippen LogP contribution in [0.15, 0.2) is 22.7 Å². The molecule has 1 heterocycles. The van der Waals surface area contributed by atoms with Crippen LogP contribution in [0.25, 0.3) is 11.3 Å². The Hall–Kier alpha value is -2.45. The summed E-state index contributed by atoms with van der Waals surface area (Å²) in [7, 11) is 1.30. The molecule has 0 spiro atoms. The van der Waals surface area contributed by atoms with Gasteiger partial charge in [0.1, 0.15) is 22.8 Å². The second kappa shape index (κ2) is 7.41. The van der Waals surface area contributed by atoms with Crippen LogP contribution in [0, 0.1) is 12.7 Å². The van der Waals surface area contributed by atoms with Crippen molar-refractivity contribution in [2.75, 3.05) is 13.7 Å². The summed E-state index contributed by atoms with van der Waals surface area (Å²) >= 11 is 5.99. The zero-order valence-corrected chi connectivity index (χ0v) is 13.6. The quantitative estimate of drug-likeness (QED) is 0.823. The molecule has 0 bridgehead atoms. The number of carboxylic acid groups (broad SMARTS) is 1. The Morgan fingerprint density at radius 2 is 2.21 bits per heavy atom. The van der Waals surface area contributed by atoms with Crippen LogP contribution in [0.4, 0.5) is 4.39 Å². The van der Waals surface area contributed by atoms with Gasteiger partial charge in [0, 0.05) is 7.11 Å². The number of hydrogen-bond donors (Lipinski definition) is 2. The average molecular weight is 357 g/mol. The first-order valence-electron chi connectivity index (χ1n) is 6.80. The number of carboxylic acids is 1. The minimum absolute atomic E-state index is 0.0454. The number of amides is 1. The van der Waals surface area contributed by atoms with Crippen molar-refractivity contribution < 1.29 is 28.3 Å². The fraction of sp³-hybridized carbons (Fsp3) is 0.267. The van der Waals surface area contributed by atoms with Crippen molar-refractivity contribution >= 4 is 23.5 Å². The van der Waals surface area contributed by atoms with E-state index in [-0.39, 0.29) is 34.2 Å². The number of benzene rings is 1. The SMILES string of the molecule is COCC(NC(=O)c1c(-c2c(F)cccc2Cl)noc1C)C(=O)O. The van der Waals surface area contributed by atoms with Gasteiger partial charge in [-0.15, -0.1) is 0 Å². The molecule has 0 saturated heterocycles. The van der Waals surface area contributed by atoms with E-state index in [4.69, 9.17) is 26.0 Å². The Balaban J connectivity index is 2.43. The van der Waals surface area contributed by atoms with E-state index in [1.807, 2.05) is 0 Å². The van der Waals surface area contributed by atoms with Crippen LogP contribution in [0.5, 0.6) is 0 Å². The maximum Gasteiger partial charge on any atom is 0.328 e. The van der Waals surface area contributed by atoms with E-state index >= 15 is 0 Å². The Kier molecular flexibility index (Phi) is 5.53. The van der Waals surface area contributed by atoms with E-state index in [2.05, 4.69) is 10.5 Å². The second-order valence-corrected chi connectivity index (χ2v) is 5.29. The molecule has 0 aliphatic rings. The summed E-state index contributed by atoms with van der Waals surface area (Å²) in [4.78, 5) is 23.6. The number of ether oxygens (including phenoxy) is 1. The molecular weight excluding hydrogens is 343 g/mol. The summed E-state index contributed by atoms with van der Waals surface area (Å²) in [5.74, 6) is -2.64. The number of carbonyl (C=O) groups excluding carboxylic acids is 1. The minimum Gasteiger partial charge on any atom is -0.480 e. The van der Waals surface area contributed by atoms with E-state index in [0.717, 1.165) is 6.07 Å². The van der Waals surface area contributed by atoms with Gasteiger partial charge in [0.15, 0.2) is 6.04 Å². The zero-order chi connectivity index (χ0) is 17.9. The average Bonchev–Trinajstić information content (AvgIpc) is 2.88. The highest BCUT2D eigenvalue weighted by Gasteiger charge is 2.28. The predicted molar refractivity (Wildman–Crippen MR) is 82.4 cm³/mol. The number of aryl methyl sites for hydroxylation is 1. The highest BCUT2D eigenvalue weighted by molar-refractivity contribution is 6.33. The zero-order valence-electron chi connectivity index (χ0n) is 12.8. The molecule has 0 aliphatic carbocycles. The first-order chi connectivity index (χ1) is 11.4. The Morgan fingerprint density at radius 3 is 2.79 bits per heavy atom. The van der Waals surface area contributed by atoms with Gasteiger partial charge >= 0.3 is 5.97 Å². The van der Waals surface area contributed by atoms with E-state index in [1.165, 1.54) is 26.2 Å². The van der Waals surface area contributed by atoms with Crippen LogP contribution in [-0.4, -0.2) is 41.9 Å². The lowest BCUT2D eigenvalue weighted by atomic mass is 10.0. The number of nitrogens with zero attached hydrogens (tertiary/aromatic N) is 1. The summed E-state index contributed by atoms with van der Waals surface area (Å²) in [5.41, 5.74) is -0.293. The molecule has 0 saturated carbocycles. The number of methoxy groups -OCH3 is 1. The van der Waals surface area contributed by atoms with Gasteiger partial charge in [-0.25, -0.2) is 9.18 Å². The first kappa shape index (κ1) is 17.9. The van der Waals surface area contributed by atoms with Crippen molar-refractivity contribution in [3.8, 4) is 11.3 Å². The monoisotopic (exact) mass is 356 g/mol. The van der Waals surface area contributed by atoms with Crippen molar-refractivity contribution in [2.45, 2.75) is 13.0 Å². The Bertz CT molecular complexity index is 757. The molecule has 0 fully saturated rings. The molecule has 24 heavy (non-hydrogen) atoms. The number of nitrogens with one attached hydrogen (secondary N) is 1. The van der Waals surface area contributed by atoms with Crippen molar-refractivity contribution in [1.29, 1.82) is 0 Å². The van der Waals surface area contributed by atoms with Crippen LogP contribution < -0.4 is 5.32 Å². The lowest BCUT2D eigenvalue weighted by Gasteiger charge is -2.13. The van der Waals surface area contributed by atoms with Gasteiger partial charge in [-0.1, -0.05) is 22.8 Å². The van der Waals surface area contributed by atoms with Crippen molar-refractivity contribution in [1.82, 2.24) is 10.5 Å². The van der Waals surface area contributed by atoms with Gasteiger partial charge in [0.05, 0.1) is 17.2 Å². The molecule has 2 N–H and O–H groups in total. The molecule has 1 amide bonds. The van der Waals surface area contributed by atoms with Gasteiger partial charge in [-0.05, 0) is 19.1 Å². The predicted octanol–water partition coefficient (Wildman–Crippen LogP) is 2.27. The fourth-order valence-electron chi connectivity index (χ4n) is 2.11. The van der Waals surface area contributed by atoms with Crippen LogP contribution in [-0.2, 0) is 9.53 Å². The number of aliphatic carboxylic acids is 1. The molecule has 9 heteroatoms. The summed E-state index contributed by atoms with van der Waals surface area (Å²) in [5, 5.41) is 15.1. The minimum atomic E-state index is -1.28. The van der Waals surface area contributed by atoms with Crippen LogP contribution in [0.2, 0.25) is 5.02 Å². The van der Waals surface area contributed by atoms with Gasteiger partial charge in [-0.2, -0.15) is 0 Å². The molecule has 0 aliphatic heterocycles. The maximum atomic E-state index is 14.1. The van der Waals surface area contributed by atoms with E-state index in [9.17, 15) is 14.0 Å². The lowest BCUT2D eigenvalue weighted by molar-refractivity contribution is -0.140. The van der Waals surface area contributed by atoms with Gasteiger partial charge in [0.25, 0.3) is 5.91 Å². The third-order valence-electron chi connectivity index (χ3n) is 3.23. The first-order valence-corrected chi connectivity index (χ1v) is 7.17. The van der Waals surface area contributed by atoms with Crippen molar-refractivity contribution in [2.24, 2.45) is 0 Å². The molecule has 2 aromatic rings. The summed E-state index contributed by atoms with van der Waals surface area (Å²) in [6.45, 7) is 1.22. The molecular formula is C15H14ClFN2O5.